The highest BCUT2D eigenvalue weighted by Gasteiger charge is 2.46. The number of ether oxygens (including phenoxy) is 1. The van der Waals surface area contributed by atoms with E-state index in [-0.39, 0.29) is 39.6 Å². The summed E-state index contributed by atoms with van der Waals surface area (Å²) in [5, 5.41) is 0.326. The predicted molar refractivity (Wildman–Crippen MR) is 160 cm³/mol. The van der Waals surface area contributed by atoms with Gasteiger partial charge in [0.25, 0.3) is 5.56 Å². The number of aromatic amines is 1. The fraction of sp³-hybridized carbons (Fsp3) is 0.233. The second-order valence-corrected chi connectivity index (χ2v) is 11.0. The topological polar surface area (TPSA) is 145 Å². The zero-order valence-electron chi connectivity index (χ0n) is 23.0. The Kier molecular flexibility index (Phi) is 9.00. The van der Waals surface area contributed by atoms with Crippen molar-refractivity contribution in [2.45, 2.75) is 38.5 Å². The van der Waals surface area contributed by atoms with E-state index >= 15 is 0 Å². The molecule has 0 radical (unpaired) electrons. The Balaban J connectivity index is 1.73. The van der Waals surface area contributed by atoms with Gasteiger partial charge in [0.05, 0.1) is 38.3 Å². The molecule has 0 aliphatic carbocycles. The van der Waals surface area contributed by atoms with E-state index < -0.39 is 34.6 Å². The van der Waals surface area contributed by atoms with Crippen LogP contribution in [0.15, 0.2) is 70.3 Å². The van der Waals surface area contributed by atoms with Crippen LogP contribution in [0.4, 0.5) is 0 Å². The molecular weight excluding hydrogens is 583 g/mol. The second kappa shape index (κ2) is 12.3. The molecule has 10 nitrogen and oxygen atoms in total. The number of nitrogens with zero attached hydrogens (tertiary/aromatic N) is 2. The van der Waals surface area contributed by atoms with Crippen molar-refractivity contribution in [1.29, 1.82) is 0 Å². The number of aromatic nitrogens is 2. The van der Waals surface area contributed by atoms with E-state index in [4.69, 9.17) is 33.7 Å². The van der Waals surface area contributed by atoms with E-state index in [9.17, 15) is 24.0 Å². The Bertz CT molecular complexity index is 1780. The lowest BCUT2D eigenvalue weighted by Gasteiger charge is -2.28. The summed E-state index contributed by atoms with van der Waals surface area (Å²) in [5.74, 6) is -1.77. The molecule has 0 aliphatic heterocycles. The number of Topliss-reactive ketones (excluding diaryl/α,β-unsaturated/α-hetero) is 1. The molecule has 1 atom stereocenters. The standard InChI is InChI=1S/C30H28Cl2N4O6/c1-17(2)42-28(40)30(33,26(38)25-22(31)5-4-6-23(25)32)14-18-7-10-20(11-8-18)36-27(39)21-13-19(15-35(3)16-37)9-12-24(21)34-29(36)41/h4-13,16-17H,14-15,33H2,1-3H3,(H,34,41)/t30-/m1/s1. The van der Waals surface area contributed by atoms with Crippen LogP contribution >= 0.6 is 23.2 Å². The highest BCUT2D eigenvalue weighted by Crippen LogP contribution is 2.30. The molecule has 0 unspecified atom stereocenters. The van der Waals surface area contributed by atoms with Gasteiger partial charge in [-0.25, -0.2) is 14.2 Å². The monoisotopic (exact) mass is 610 g/mol. The first-order valence-electron chi connectivity index (χ1n) is 12.9. The Morgan fingerprint density at radius 1 is 1.05 bits per heavy atom. The third-order valence-electron chi connectivity index (χ3n) is 6.55. The lowest BCUT2D eigenvalue weighted by atomic mass is 9.84. The van der Waals surface area contributed by atoms with Crippen molar-refractivity contribution in [2.75, 3.05) is 7.05 Å². The summed E-state index contributed by atoms with van der Waals surface area (Å²) in [4.78, 5) is 68.2. The van der Waals surface area contributed by atoms with Crippen LogP contribution in [-0.2, 0) is 27.3 Å². The molecule has 4 rings (SSSR count). The molecule has 1 heterocycles. The van der Waals surface area contributed by atoms with Gasteiger partial charge in [0.2, 0.25) is 6.41 Å². The van der Waals surface area contributed by atoms with E-state index in [0.29, 0.717) is 23.1 Å². The molecule has 0 saturated heterocycles. The first-order chi connectivity index (χ1) is 19.8. The number of esters is 1. The lowest BCUT2D eigenvalue weighted by molar-refractivity contribution is -0.151. The molecule has 0 spiro atoms. The minimum absolute atomic E-state index is 0.0332. The van der Waals surface area contributed by atoms with Gasteiger partial charge in [-0.1, -0.05) is 47.5 Å². The zero-order valence-corrected chi connectivity index (χ0v) is 24.5. The number of nitrogens with two attached hydrogens (primary N) is 1. The third-order valence-corrected chi connectivity index (χ3v) is 7.18. The molecule has 42 heavy (non-hydrogen) atoms. The van der Waals surface area contributed by atoms with Crippen molar-refractivity contribution in [3.63, 3.8) is 0 Å². The van der Waals surface area contributed by atoms with Gasteiger partial charge >= 0.3 is 11.7 Å². The quantitative estimate of drug-likeness (QED) is 0.121. The van der Waals surface area contributed by atoms with Crippen molar-refractivity contribution in [3.8, 4) is 5.69 Å². The maximum Gasteiger partial charge on any atom is 0.334 e. The highest BCUT2D eigenvalue weighted by atomic mass is 35.5. The number of ketones is 1. The van der Waals surface area contributed by atoms with Gasteiger partial charge in [-0.15, -0.1) is 0 Å². The molecule has 218 valence electrons. The number of benzene rings is 3. The van der Waals surface area contributed by atoms with E-state index in [1.807, 2.05) is 0 Å². The molecule has 4 aromatic rings. The van der Waals surface area contributed by atoms with Gasteiger partial charge in [-0.3, -0.25) is 14.4 Å². The average Bonchev–Trinajstić information content (AvgIpc) is 2.93. The predicted octanol–water partition coefficient (Wildman–Crippen LogP) is 3.65. The number of hydrogen-bond acceptors (Lipinski definition) is 7. The number of carbonyl (C=O) groups is 3. The number of hydrogen-bond donors (Lipinski definition) is 2. The minimum atomic E-state index is -2.18. The van der Waals surface area contributed by atoms with Crippen LogP contribution in [-0.4, -0.2) is 51.3 Å². The van der Waals surface area contributed by atoms with Crippen molar-refractivity contribution >= 4 is 52.3 Å². The molecule has 12 heteroatoms. The minimum Gasteiger partial charge on any atom is -0.461 e. The first-order valence-corrected chi connectivity index (χ1v) is 13.6. The van der Waals surface area contributed by atoms with Crippen molar-refractivity contribution < 1.29 is 19.1 Å². The number of fused-ring (bicyclic) bond motifs is 1. The number of amides is 1. The van der Waals surface area contributed by atoms with Crippen molar-refractivity contribution in [3.05, 3.63) is 108 Å². The summed E-state index contributed by atoms with van der Waals surface area (Å²) >= 11 is 12.5. The van der Waals surface area contributed by atoms with Crippen molar-refractivity contribution in [2.24, 2.45) is 5.73 Å². The van der Waals surface area contributed by atoms with E-state index in [1.165, 1.54) is 29.2 Å². The van der Waals surface area contributed by atoms with Crippen LogP contribution < -0.4 is 17.0 Å². The molecular formula is C30H28Cl2N4O6. The molecule has 0 bridgehead atoms. The molecule has 3 aromatic carbocycles. The van der Waals surface area contributed by atoms with Gasteiger partial charge in [0, 0.05) is 20.0 Å². The lowest BCUT2D eigenvalue weighted by Crippen LogP contribution is -2.58. The van der Waals surface area contributed by atoms with Crippen LogP contribution in [0.5, 0.6) is 0 Å². The number of nitrogens with one attached hydrogen (secondary N) is 1. The van der Waals surface area contributed by atoms with Crippen LogP contribution in [0.2, 0.25) is 10.0 Å². The van der Waals surface area contributed by atoms with Gasteiger partial charge < -0.3 is 20.4 Å². The molecule has 3 N–H and O–H groups in total. The zero-order chi connectivity index (χ0) is 30.8. The molecule has 0 fully saturated rings. The van der Waals surface area contributed by atoms with Gasteiger partial charge in [-0.05, 0) is 61.4 Å². The Hall–Kier alpha value is -4.25. The SMILES string of the molecule is CC(C)OC(=O)[C@@](N)(Cc1ccc(-n2c(=O)[nH]c3ccc(CN(C)C=O)cc3c2=O)cc1)C(=O)c1c(Cl)cccc1Cl. The third kappa shape index (κ3) is 6.15. The molecule has 1 aromatic heterocycles. The van der Waals surface area contributed by atoms with E-state index in [1.54, 1.807) is 57.3 Å². The van der Waals surface area contributed by atoms with Crippen molar-refractivity contribution in [1.82, 2.24) is 14.5 Å². The summed E-state index contributed by atoms with van der Waals surface area (Å²) in [5.41, 5.74) is 4.73. The molecule has 1 amide bonds. The summed E-state index contributed by atoms with van der Waals surface area (Å²) in [6, 6.07) is 15.5. The molecule has 0 saturated carbocycles. The Morgan fingerprint density at radius 3 is 2.26 bits per heavy atom. The van der Waals surface area contributed by atoms with Crippen LogP contribution in [0.1, 0.15) is 35.3 Å². The second-order valence-electron chi connectivity index (χ2n) is 10.2. The maximum absolute atomic E-state index is 13.6. The number of halogens is 2. The summed E-state index contributed by atoms with van der Waals surface area (Å²) in [6.45, 7) is 3.54. The van der Waals surface area contributed by atoms with Crippen LogP contribution in [0.25, 0.3) is 16.6 Å². The first kappa shape index (κ1) is 30.7. The summed E-state index contributed by atoms with van der Waals surface area (Å²) in [6.07, 6.45) is -0.162. The molecule has 0 aliphatic rings. The summed E-state index contributed by atoms with van der Waals surface area (Å²) < 4.78 is 6.30. The highest BCUT2D eigenvalue weighted by molar-refractivity contribution is 6.41. The van der Waals surface area contributed by atoms with Gasteiger partial charge in [0.15, 0.2) is 11.3 Å². The van der Waals surface area contributed by atoms with Crippen LogP contribution in [0.3, 0.4) is 0 Å². The van der Waals surface area contributed by atoms with E-state index in [2.05, 4.69) is 4.98 Å². The fourth-order valence-corrected chi connectivity index (χ4v) is 5.08. The number of rotatable bonds is 10. The maximum atomic E-state index is 13.6. The summed E-state index contributed by atoms with van der Waals surface area (Å²) in [7, 11) is 1.61. The van der Waals surface area contributed by atoms with Gasteiger partial charge in [-0.2, -0.15) is 0 Å². The smallest absolute Gasteiger partial charge is 0.334 e. The number of carbonyl (C=O) groups excluding carboxylic acids is 3. The Morgan fingerprint density at radius 2 is 1.67 bits per heavy atom. The Labute approximate surface area is 250 Å². The van der Waals surface area contributed by atoms with E-state index in [0.717, 1.165) is 4.57 Å². The normalized spacial score (nSPS) is 12.6. The van der Waals surface area contributed by atoms with Gasteiger partial charge in [0.1, 0.15) is 0 Å². The number of H-pyrrole nitrogens is 1. The largest absolute Gasteiger partial charge is 0.461 e. The van der Waals surface area contributed by atoms with Crippen LogP contribution in [0, 0.1) is 0 Å². The average molecular weight is 611 g/mol. The fourth-order valence-electron chi connectivity index (χ4n) is 4.51.